The van der Waals surface area contributed by atoms with Crippen molar-refractivity contribution in [1.82, 2.24) is 4.98 Å². The highest BCUT2D eigenvalue weighted by atomic mass is 16.5. The highest BCUT2D eigenvalue weighted by Crippen LogP contribution is 2.24. The number of nitriles is 1. The van der Waals surface area contributed by atoms with E-state index in [1.807, 2.05) is 55.3 Å². The summed E-state index contributed by atoms with van der Waals surface area (Å²) < 4.78 is 5.39. The maximum atomic E-state index is 8.92. The molecule has 0 bridgehead atoms. The van der Waals surface area contributed by atoms with Gasteiger partial charge in [-0.15, -0.1) is 0 Å². The molecule has 0 aliphatic rings. The van der Waals surface area contributed by atoms with Gasteiger partial charge in [-0.2, -0.15) is 10.2 Å². The van der Waals surface area contributed by atoms with Crippen LogP contribution in [0.15, 0.2) is 42.5 Å². The average Bonchev–Trinajstić information content (AvgIpc) is 2.47. The van der Waals surface area contributed by atoms with E-state index in [2.05, 4.69) is 11.1 Å². The third-order valence-electron chi connectivity index (χ3n) is 2.71. The van der Waals surface area contributed by atoms with Crippen molar-refractivity contribution in [3.05, 3.63) is 48.0 Å². The first-order chi connectivity index (χ1) is 9.24. The summed E-state index contributed by atoms with van der Waals surface area (Å²) in [5, 5.41) is 8.92. The molecule has 0 amide bonds. The van der Waals surface area contributed by atoms with Crippen molar-refractivity contribution in [3.63, 3.8) is 0 Å². The van der Waals surface area contributed by atoms with Crippen LogP contribution in [0.25, 0.3) is 0 Å². The SMILES string of the molecule is CCOc1cccc(N(C)c2cccc(C#N)c2)n1. The third-order valence-corrected chi connectivity index (χ3v) is 2.71. The minimum absolute atomic E-state index is 0.587. The van der Waals surface area contributed by atoms with Gasteiger partial charge >= 0.3 is 0 Å². The molecule has 1 aromatic heterocycles. The molecule has 0 unspecified atom stereocenters. The largest absolute Gasteiger partial charge is 0.478 e. The Morgan fingerprint density at radius 1 is 1.26 bits per heavy atom. The molecule has 2 rings (SSSR count). The highest BCUT2D eigenvalue weighted by Gasteiger charge is 2.07. The van der Waals surface area contributed by atoms with Crippen molar-refractivity contribution < 1.29 is 4.74 Å². The van der Waals surface area contributed by atoms with Gasteiger partial charge in [0.15, 0.2) is 0 Å². The zero-order valence-corrected chi connectivity index (χ0v) is 11.0. The normalized spacial score (nSPS) is 9.74. The Hall–Kier alpha value is -2.54. The van der Waals surface area contributed by atoms with Gasteiger partial charge in [-0.25, -0.2) is 0 Å². The molecule has 0 saturated heterocycles. The molecule has 4 heteroatoms. The van der Waals surface area contributed by atoms with Crippen LogP contribution >= 0.6 is 0 Å². The van der Waals surface area contributed by atoms with E-state index < -0.39 is 0 Å². The maximum Gasteiger partial charge on any atom is 0.215 e. The molecule has 4 nitrogen and oxygen atoms in total. The van der Waals surface area contributed by atoms with Crippen LogP contribution in [-0.4, -0.2) is 18.6 Å². The van der Waals surface area contributed by atoms with Gasteiger partial charge in [0.05, 0.1) is 18.2 Å². The molecule has 0 aliphatic carbocycles. The molecule has 0 aliphatic heterocycles. The lowest BCUT2D eigenvalue weighted by Crippen LogP contribution is -2.11. The van der Waals surface area contributed by atoms with Gasteiger partial charge in [-0.3, -0.25) is 0 Å². The van der Waals surface area contributed by atoms with Gasteiger partial charge in [-0.05, 0) is 31.2 Å². The summed E-state index contributed by atoms with van der Waals surface area (Å²) >= 11 is 0. The number of benzene rings is 1. The van der Waals surface area contributed by atoms with Crippen molar-refractivity contribution >= 4 is 11.5 Å². The second kappa shape index (κ2) is 5.87. The Balaban J connectivity index is 2.30. The van der Waals surface area contributed by atoms with Crippen LogP contribution in [0.4, 0.5) is 11.5 Å². The van der Waals surface area contributed by atoms with E-state index in [-0.39, 0.29) is 0 Å². The van der Waals surface area contributed by atoms with E-state index in [4.69, 9.17) is 10.00 Å². The van der Waals surface area contributed by atoms with E-state index in [1.165, 1.54) is 0 Å². The lowest BCUT2D eigenvalue weighted by molar-refractivity contribution is 0.327. The lowest BCUT2D eigenvalue weighted by Gasteiger charge is -2.19. The van der Waals surface area contributed by atoms with E-state index >= 15 is 0 Å². The quantitative estimate of drug-likeness (QED) is 0.840. The summed E-state index contributed by atoms with van der Waals surface area (Å²) in [6.07, 6.45) is 0. The smallest absolute Gasteiger partial charge is 0.215 e. The molecule has 0 fully saturated rings. The molecule has 19 heavy (non-hydrogen) atoms. The van der Waals surface area contributed by atoms with Crippen LogP contribution < -0.4 is 9.64 Å². The minimum atomic E-state index is 0.587. The number of aromatic nitrogens is 1. The Kier molecular flexibility index (Phi) is 3.99. The zero-order valence-electron chi connectivity index (χ0n) is 11.0. The van der Waals surface area contributed by atoms with Crippen LogP contribution in [0, 0.1) is 11.3 Å². The first-order valence-corrected chi connectivity index (χ1v) is 6.08. The van der Waals surface area contributed by atoms with Crippen molar-refractivity contribution in [1.29, 1.82) is 5.26 Å². The summed E-state index contributed by atoms with van der Waals surface area (Å²) in [6, 6.07) is 15.2. The zero-order chi connectivity index (χ0) is 13.7. The van der Waals surface area contributed by atoms with Crippen molar-refractivity contribution in [3.8, 4) is 11.9 Å². The predicted octanol–water partition coefficient (Wildman–Crippen LogP) is 3.12. The fourth-order valence-electron chi connectivity index (χ4n) is 1.74. The summed E-state index contributed by atoms with van der Waals surface area (Å²) in [6.45, 7) is 2.51. The number of pyridine rings is 1. The lowest BCUT2D eigenvalue weighted by atomic mass is 10.2. The fraction of sp³-hybridized carbons (Fsp3) is 0.200. The molecule has 0 spiro atoms. The van der Waals surface area contributed by atoms with Crippen LogP contribution in [0.2, 0.25) is 0 Å². The standard InChI is InChI=1S/C15H15N3O/c1-3-19-15-9-5-8-14(17-15)18(2)13-7-4-6-12(10-13)11-16/h4-10H,3H2,1-2H3. The summed E-state index contributed by atoms with van der Waals surface area (Å²) in [4.78, 5) is 6.34. The topological polar surface area (TPSA) is 49.1 Å². The monoisotopic (exact) mass is 253 g/mol. The molecule has 1 heterocycles. The molecule has 0 radical (unpaired) electrons. The molecular weight excluding hydrogens is 238 g/mol. The second-order valence-corrected chi connectivity index (χ2v) is 3.99. The van der Waals surface area contributed by atoms with E-state index in [1.54, 1.807) is 6.07 Å². The van der Waals surface area contributed by atoms with Crippen LogP contribution in [0.1, 0.15) is 12.5 Å². The predicted molar refractivity (Wildman–Crippen MR) is 74.6 cm³/mol. The van der Waals surface area contributed by atoms with Gasteiger partial charge in [0, 0.05) is 18.8 Å². The average molecular weight is 253 g/mol. The number of ether oxygens (including phenoxy) is 1. The van der Waals surface area contributed by atoms with Gasteiger partial charge in [-0.1, -0.05) is 12.1 Å². The number of hydrogen-bond acceptors (Lipinski definition) is 4. The Morgan fingerprint density at radius 2 is 2.05 bits per heavy atom. The van der Waals surface area contributed by atoms with E-state index in [9.17, 15) is 0 Å². The second-order valence-electron chi connectivity index (χ2n) is 3.99. The molecule has 0 N–H and O–H groups in total. The Bertz CT molecular complexity index is 604. The molecule has 1 aromatic carbocycles. The Labute approximate surface area is 112 Å². The summed E-state index contributed by atoms with van der Waals surface area (Å²) in [7, 11) is 1.91. The molecule has 0 saturated carbocycles. The van der Waals surface area contributed by atoms with Crippen molar-refractivity contribution in [2.45, 2.75) is 6.92 Å². The summed E-state index contributed by atoms with van der Waals surface area (Å²) in [5.74, 6) is 1.38. The number of hydrogen-bond donors (Lipinski definition) is 0. The number of rotatable bonds is 4. The van der Waals surface area contributed by atoms with Gasteiger partial charge in [0.1, 0.15) is 5.82 Å². The van der Waals surface area contributed by atoms with Crippen LogP contribution in [0.5, 0.6) is 5.88 Å². The van der Waals surface area contributed by atoms with Crippen molar-refractivity contribution in [2.75, 3.05) is 18.6 Å². The number of anilines is 2. The van der Waals surface area contributed by atoms with Gasteiger partial charge < -0.3 is 9.64 Å². The van der Waals surface area contributed by atoms with E-state index in [0.29, 0.717) is 18.1 Å². The first-order valence-electron chi connectivity index (χ1n) is 6.08. The Morgan fingerprint density at radius 3 is 2.79 bits per heavy atom. The third kappa shape index (κ3) is 3.02. The van der Waals surface area contributed by atoms with Gasteiger partial charge in [0.2, 0.25) is 5.88 Å². The minimum Gasteiger partial charge on any atom is -0.478 e. The molecular formula is C15H15N3O. The molecule has 2 aromatic rings. The van der Waals surface area contributed by atoms with Crippen molar-refractivity contribution in [2.24, 2.45) is 0 Å². The molecule has 96 valence electrons. The molecule has 0 atom stereocenters. The van der Waals surface area contributed by atoms with Crippen LogP contribution in [0.3, 0.4) is 0 Å². The first kappa shape index (κ1) is 12.9. The van der Waals surface area contributed by atoms with E-state index in [0.717, 1.165) is 11.5 Å². The summed E-state index contributed by atoms with van der Waals surface area (Å²) in [5.41, 5.74) is 1.55. The maximum absolute atomic E-state index is 8.92. The number of nitrogens with zero attached hydrogens (tertiary/aromatic N) is 3. The van der Waals surface area contributed by atoms with Gasteiger partial charge in [0.25, 0.3) is 0 Å². The highest BCUT2D eigenvalue weighted by molar-refractivity contribution is 5.61. The fourth-order valence-corrected chi connectivity index (χ4v) is 1.74. The van der Waals surface area contributed by atoms with Crippen LogP contribution in [-0.2, 0) is 0 Å².